The standard InChI is InChI=1S/C21H17F3N2O3/c1-29-20(28)18(10-13-6-8-16(9-7-13)21(22,23)24)26-19(27)15-11-14-4-2-3-5-17(14)25-12-15/h2-9,11-12,18H,10H2,1H3,(H,26,27)/t18-/m0/s1. The molecule has 1 heterocycles. The number of aromatic nitrogens is 1. The molecule has 3 aromatic rings. The van der Waals surface area contributed by atoms with Crippen molar-refractivity contribution in [2.24, 2.45) is 0 Å². The first-order valence-electron chi connectivity index (χ1n) is 8.67. The van der Waals surface area contributed by atoms with E-state index in [2.05, 4.69) is 10.3 Å². The predicted octanol–water partition coefficient (Wildman–Crippen LogP) is 3.77. The van der Waals surface area contributed by atoms with Crippen molar-refractivity contribution < 1.29 is 27.5 Å². The number of para-hydroxylation sites is 1. The van der Waals surface area contributed by atoms with Gasteiger partial charge in [0.15, 0.2) is 0 Å². The highest BCUT2D eigenvalue weighted by atomic mass is 19.4. The molecular weight excluding hydrogens is 385 g/mol. The van der Waals surface area contributed by atoms with E-state index >= 15 is 0 Å². The molecule has 0 aliphatic rings. The number of hydrogen-bond donors (Lipinski definition) is 1. The van der Waals surface area contributed by atoms with Gasteiger partial charge in [-0.1, -0.05) is 30.3 Å². The van der Waals surface area contributed by atoms with Crippen LogP contribution in [0.4, 0.5) is 13.2 Å². The van der Waals surface area contributed by atoms with Crippen LogP contribution in [0.3, 0.4) is 0 Å². The molecule has 0 saturated heterocycles. The number of methoxy groups -OCH3 is 1. The van der Waals surface area contributed by atoms with Gasteiger partial charge >= 0.3 is 12.1 Å². The quantitative estimate of drug-likeness (QED) is 0.660. The SMILES string of the molecule is COC(=O)[C@H](Cc1ccc(C(F)(F)F)cc1)NC(=O)c1cnc2ccccc2c1. The molecule has 150 valence electrons. The average Bonchev–Trinajstić information content (AvgIpc) is 2.72. The molecule has 1 aromatic heterocycles. The smallest absolute Gasteiger partial charge is 0.416 e. The molecule has 1 N–H and O–H groups in total. The maximum Gasteiger partial charge on any atom is 0.416 e. The molecule has 0 radical (unpaired) electrons. The molecule has 29 heavy (non-hydrogen) atoms. The summed E-state index contributed by atoms with van der Waals surface area (Å²) in [5.41, 5.74) is 0.635. The van der Waals surface area contributed by atoms with Gasteiger partial charge in [-0.3, -0.25) is 9.78 Å². The van der Waals surface area contributed by atoms with Crippen molar-refractivity contribution in [2.75, 3.05) is 7.11 Å². The summed E-state index contributed by atoms with van der Waals surface area (Å²) in [6.07, 6.45) is -3.07. The van der Waals surface area contributed by atoms with Crippen LogP contribution in [0.5, 0.6) is 0 Å². The zero-order valence-corrected chi connectivity index (χ0v) is 15.4. The maximum atomic E-state index is 12.7. The van der Waals surface area contributed by atoms with Crippen molar-refractivity contribution >= 4 is 22.8 Å². The van der Waals surface area contributed by atoms with Crippen molar-refractivity contribution in [3.8, 4) is 0 Å². The van der Waals surface area contributed by atoms with Crippen LogP contribution in [-0.4, -0.2) is 30.0 Å². The van der Waals surface area contributed by atoms with E-state index in [-0.39, 0.29) is 12.0 Å². The number of carbonyl (C=O) groups is 2. The Labute approximate surface area is 164 Å². The van der Waals surface area contributed by atoms with Crippen molar-refractivity contribution in [2.45, 2.75) is 18.6 Å². The number of pyridine rings is 1. The van der Waals surface area contributed by atoms with Gasteiger partial charge in [-0.25, -0.2) is 4.79 Å². The fraction of sp³-hybridized carbons (Fsp3) is 0.190. The van der Waals surface area contributed by atoms with Gasteiger partial charge in [-0.2, -0.15) is 13.2 Å². The molecule has 2 aromatic carbocycles. The topological polar surface area (TPSA) is 68.3 Å². The summed E-state index contributed by atoms with van der Waals surface area (Å²) in [5, 5.41) is 3.33. The number of nitrogens with one attached hydrogen (secondary N) is 1. The van der Waals surface area contributed by atoms with Crippen molar-refractivity contribution in [1.82, 2.24) is 10.3 Å². The second kappa shape index (κ2) is 8.30. The van der Waals surface area contributed by atoms with Gasteiger partial charge in [0, 0.05) is 18.0 Å². The number of halogens is 3. The number of carbonyl (C=O) groups excluding carboxylic acids is 2. The zero-order chi connectivity index (χ0) is 21.0. The summed E-state index contributed by atoms with van der Waals surface area (Å²) in [4.78, 5) is 28.9. The van der Waals surface area contributed by atoms with Crippen molar-refractivity contribution in [3.63, 3.8) is 0 Å². The number of alkyl halides is 3. The minimum Gasteiger partial charge on any atom is -0.467 e. The highest BCUT2D eigenvalue weighted by Gasteiger charge is 2.30. The van der Waals surface area contributed by atoms with E-state index in [1.54, 1.807) is 18.2 Å². The number of nitrogens with zero attached hydrogens (tertiary/aromatic N) is 1. The monoisotopic (exact) mass is 402 g/mol. The van der Waals surface area contributed by atoms with E-state index in [0.29, 0.717) is 5.56 Å². The van der Waals surface area contributed by atoms with Crippen molar-refractivity contribution in [3.05, 3.63) is 77.5 Å². The molecule has 1 atom stereocenters. The van der Waals surface area contributed by atoms with Gasteiger partial charge in [0.2, 0.25) is 0 Å². The highest BCUT2D eigenvalue weighted by molar-refractivity contribution is 5.99. The maximum absolute atomic E-state index is 12.7. The Morgan fingerprint density at radius 3 is 2.45 bits per heavy atom. The average molecular weight is 402 g/mol. The van der Waals surface area contributed by atoms with Gasteiger partial charge in [-0.05, 0) is 29.8 Å². The van der Waals surface area contributed by atoms with Gasteiger partial charge < -0.3 is 10.1 Å². The van der Waals surface area contributed by atoms with Gasteiger partial charge in [-0.15, -0.1) is 0 Å². The first kappa shape index (κ1) is 20.3. The number of amides is 1. The van der Waals surface area contributed by atoms with E-state index in [1.807, 2.05) is 12.1 Å². The minimum atomic E-state index is -4.45. The van der Waals surface area contributed by atoms with Gasteiger partial charge in [0.25, 0.3) is 5.91 Å². The van der Waals surface area contributed by atoms with Crippen LogP contribution in [-0.2, 0) is 22.1 Å². The largest absolute Gasteiger partial charge is 0.467 e. The summed E-state index contributed by atoms with van der Waals surface area (Å²) < 4.78 is 42.8. The molecule has 8 heteroatoms. The highest BCUT2D eigenvalue weighted by Crippen LogP contribution is 2.29. The normalized spacial score (nSPS) is 12.4. The third-order valence-corrected chi connectivity index (χ3v) is 4.36. The molecule has 5 nitrogen and oxygen atoms in total. The molecule has 0 bridgehead atoms. The fourth-order valence-corrected chi connectivity index (χ4v) is 2.84. The number of esters is 1. The first-order valence-corrected chi connectivity index (χ1v) is 8.67. The Kier molecular flexibility index (Phi) is 5.81. The third-order valence-electron chi connectivity index (χ3n) is 4.36. The molecule has 0 aliphatic heterocycles. The summed E-state index contributed by atoms with van der Waals surface area (Å²) in [6.45, 7) is 0. The third kappa shape index (κ3) is 4.90. The fourth-order valence-electron chi connectivity index (χ4n) is 2.84. The van der Waals surface area contributed by atoms with Crippen LogP contribution in [0.15, 0.2) is 60.8 Å². The Hall–Kier alpha value is -3.42. The van der Waals surface area contributed by atoms with Gasteiger partial charge in [0.05, 0.1) is 23.8 Å². The summed E-state index contributed by atoms with van der Waals surface area (Å²) >= 11 is 0. The molecule has 0 spiro atoms. The lowest BCUT2D eigenvalue weighted by Gasteiger charge is -2.17. The first-order chi connectivity index (χ1) is 13.8. The Bertz CT molecular complexity index is 1030. The lowest BCUT2D eigenvalue weighted by Crippen LogP contribution is -2.43. The van der Waals surface area contributed by atoms with E-state index in [9.17, 15) is 22.8 Å². The van der Waals surface area contributed by atoms with Gasteiger partial charge in [0.1, 0.15) is 6.04 Å². The number of fused-ring (bicyclic) bond motifs is 1. The number of benzene rings is 2. The number of ether oxygens (including phenoxy) is 1. The van der Waals surface area contributed by atoms with Crippen LogP contribution in [0.1, 0.15) is 21.5 Å². The zero-order valence-electron chi connectivity index (χ0n) is 15.4. The lowest BCUT2D eigenvalue weighted by atomic mass is 10.0. The molecule has 0 saturated carbocycles. The number of rotatable bonds is 5. The lowest BCUT2D eigenvalue weighted by molar-refractivity contribution is -0.143. The second-order valence-corrected chi connectivity index (χ2v) is 6.36. The predicted molar refractivity (Wildman–Crippen MR) is 100 cm³/mol. The molecular formula is C21H17F3N2O3. The number of hydrogen-bond acceptors (Lipinski definition) is 4. The summed E-state index contributed by atoms with van der Waals surface area (Å²) in [6, 6.07) is 12.2. The summed E-state index contributed by atoms with van der Waals surface area (Å²) in [5.74, 6) is -1.24. The molecule has 0 unspecified atom stereocenters. The van der Waals surface area contributed by atoms with Crippen LogP contribution >= 0.6 is 0 Å². The van der Waals surface area contributed by atoms with Crippen LogP contribution in [0, 0.1) is 0 Å². The van der Waals surface area contributed by atoms with Crippen LogP contribution in [0.25, 0.3) is 10.9 Å². The second-order valence-electron chi connectivity index (χ2n) is 6.36. The summed E-state index contributed by atoms with van der Waals surface area (Å²) in [7, 11) is 1.17. The molecule has 0 aliphatic carbocycles. The molecule has 0 fully saturated rings. The van der Waals surface area contributed by atoms with E-state index in [0.717, 1.165) is 23.0 Å². The molecule has 1 amide bonds. The Morgan fingerprint density at radius 2 is 1.79 bits per heavy atom. The van der Waals surface area contributed by atoms with E-state index in [1.165, 1.54) is 25.4 Å². The van der Waals surface area contributed by atoms with Crippen molar-refractivity contribution in [1.29, 1.82) is 0 Å². The Morgan fingerprint density at radius 1 is 1.10 bits per heavy atom. The van der Waals surface area contributed by atoms with E-state index < -0.39 is 29.7 Å². The minimum absolute atomic E-state index is 0.0163. The molecule has 3 rings (SSSR count). The van der Waals surface area contributed by atoms with Crippen LogP contribution in [0.2, 0.25) is 0 Å². The van der Waals surface area contributed by atoms with E-state index in [4.69, 9.17) is 4.74 Å². The Balaban J connectivity index is 1.77. The van der Waals surface area contributed by atoms with Crippen LogP contribution < -0.4 is 5.32 Å².